The normalized spacial score (nSPS) is 27.0. The summed E-state index contributed by atoms with van der Waals surface area (Å²) in [5, 5.41) is 15.7. The maximum Gasteiger partial charge on any atom is 0.256 e. The minimum absolute atomic E-state index is 0.132. The number of anilines is 1. The summed E-state index contributed by atoms with van der Waals surface area (Å²) >= 11 is 0. The highest BCUT2D eigenvalue weighted by Gasteiger charge is 2.73. The fraction of sp³-hybridized carbons (Fsp3) is 0.296. The number of nitrogens with one attached hydrogen (secondary N) is 1. The van der Waals surface area contributed by atoms with Crippen molar-refractivity contribution >= 4 is 11.6 Å². The summed E-state index contributed by atoms with van der Waals surface area (Å²) < 4.78 is 19.8. The molecule has 3 aliphatic rings. The summed E-state index contributed by atoms with van der Waals surface area (Å²) in [6.45, 7) is 0.743. The van der Waals surface area contributed by atoms with Gasteiger partial charge in [-0.1, -0.05) is 48.5 Å². The molecule has 3 heterocycles. The van der Waals surface area contributed by atoms with Crippen LogP contribution in [0.25, 0.3) is 0 Å². The summed E-state index contributed by atoms with van der Waals surface area (Å²) in [5.41, 5.74) is 1.30. The van der Waals surface area contributed by atoms with Crippen LogP contribution in [0, 0.1) is 15.9 Å². The van der Waals surface area contributed by atoms with E-state index in [1.165, 1.54) is 12.1 Å². The number of para-hydroxylation sites is 2. The molecular formula is C27H24FN3O4. The van der Waals surface area contributed by atoms with Gasteiger partial charge >= 0.3 is 0 Å². The Morgan fingerprint density at radius 1 is 1.11 bits per heavy atom. The molecule has 1 N–H and O–H groups in total. The molecule has 0 radical (unpaired) electrons. The van der Waals surface area contributed by atoms with Gasteiger partial charge in [-0.05, 0) is 42.7 Å². The molecule has 2 saturated heterocycles. The van der Waals surface area contributed by atoms with E-state index in [0.29, 0.717) is 34.7 Å². The zero-order valence-electron chi connectivity index (χ0n) is 18.9. The molecule has 178 valence electrons. The van der Waals surface area contributed by atoms with Crippen molar-refractivity contribution < 1.29 is 18.8 Å². The van der Waals surface area contributed by atoms with Crippen molar-refractivity contribution in [2.75, 3.05) is 11.9 Å². The second-order valence-corrected chi connectivity index (χ2v) is 9.38. The van der Waals surface area contributed by atoms with Crippen molar-refractivity contribution in [3.63, 3.8) is 0 Å². The molecule has 8 heteroatoms. The van der Waals surface area contributed by atoms with Gasteiger partial charge in [-0.15, -0.1) is 0 Å². The van der Waals surface area contributed by atoms with Crippen LogP contribution in [0.2, 0.25) is 0 Å². The van der Waals surface area contributed by atoms with Crippen LogP contribution in [-0.2, 0) is 16.9 Å². The number of rotatable bonds is 5. The van der Waals surface area contributed by atoms with E-state index in [-0.39, 0.29) is 29.3 Å². The third-order valence-corrected chi connectivity index (χ3v) is 7.66. The molecule has 3 aromatic rings. The largest absolute Gasteiger partial charge is 0.489 e. The van der Waals surface area contributed by atoms with Crippen molar-refractivity contribution in [2.45, 2.75) is 43.0 Å². The van der Waals surface area contributed by atoms with Gasteiger partial charge in [0.25, 0.3) is 11.9 Å². The zero-order valence-corrected chi connectivity index (χ0v) is 18.9. The van der Waals surface area contributed by atoms with Crippen LogP contribution in [0.3, 0.4) is 0 Å². The van der Waals surface area contributed by atoms with E-state index < -0.39 is 17.5 Å². The number of benzene rings is 3. The van der Waals surface area contributed by atoms with E-state index in [2.05, 4.69) is 10.2 Å². The Morgan fingerprint density at radius 3 is 2.74 bits per heavy atom. The minimum atomic E-state index is -1.37. The Kier molecular flexibility index (Phi) is 5.07. The highest BCUT2D eigenvalue weighted by molar-refractivity contribution is 6.07. The lowest BCUT2D eigenvalue weighted by atomic mass is 9.77. The first-order valence-electron chi connectivity index (χ1n) is 11.8. The predicted molar refractivity (Wildman–Crippen MR) is 127 cm³/mol. The molecule has 0 unspecified atom stereocenters. The number of ether oxygens (including phenoxy) is 1. The van der Waals surface area contributed by atoms with Gasteiger partial charge in [0.1, 0.15) is 18.2 Å². The van der Waals surface area contributed by atoms with Gasteiger partial charge in [0, 0.05) is 34.3 Å². The number of nitro groups is 1. The second-order valence-electron chi connectivity index (χ2n) is 9.38. The number of nitrogens with zero attached hydrogens (tertiary/aromatic N) is 2. The van der Waals surface area contributed by atoms with Crippen LogP contribution in [0.15, 0.2) is 72.8 Å². The monoisotopic (exact) mass is 473 g/mol. The Morgan fingerprint density at radius 2 is 1.91 bits per heavy atom. The third kappa shape index (κ3) is 3.16. The van der Waals surface area contributed by atoms with Crippen LogP contribution in [0.5, 0.6) is 5.75 Å². The Balaban J connectivity index is 1.46. The summed E-state index contributed by atoms with van der Waals surface area (Å²) in [6, 6.07) is 19.4. The minimum Gasteiger partial charge on any atom is -0.489 e. The summed E-state index contributed by atoms with van der Waals surface area (Å²) in [5.74, 6) is -0.719. The van der Waals surface area contributed by atoms with Crippen molar-refractivity contribution in [1.29, 1.82) is 0 Å². The van der Waals surface area contributed by atoms with Gasteiger partial charge in [-0.2, -0.15) is 0 Å². The molecule has 1 amide bonds. The molecule has 4 atom stereocenters. The molecule has 6 rings (SSSR count). The maximum absolute atomic E-state index is 13.7. The van der Waals surface area contributed by atoms with E-state index in [1.54, 1.807) is 24.3 Å². The molecule has 7 nitrogen and oxygen atoms in total. The topological polar surface area (TPSA) is 84.7 Å². The second kappa shape index (κ2) is 8.16. The fourth-order valence-electron chi connectivity index (χ4n) is 6.42. The fourth-order valence-corrected chi connectivity index (χ4v) is 6.42. The molecule has 3 aliphatic heterocycles. The molecule has 2 fully saturated rings. The number of halogens is 1. The number of hydrogen-bond donors (Lipinski definition) is 1. The molecule has 0 aliphatic carbocycles. The van der Waals surface area contributed by atoms with Gasteiger partial charge in [0.2, 0.25) is 0 Å². The smallest absolute Gasteiger partial charge is 0.256 e. The maximum atomic E-state index is 13.7. The standard InChI is InChI=1S/C27H24FN3O4/c28-18-8-5-7-17(15-18)16-35-23-13-4-1-9-19(23)24-22-12-6-14-30(22)27(25(24)31(33)34)20-10-2-3-11-21(20)29-26(27)32/h1-5,7-11,13,15,22,24-25H,6,12,14,16H2,(H,29,32)/t22-,24-,25-,27+/m1/s1. The van der Waals surface area contributed by atoms with Gasteiger partial charge in [-0.3, -0.25) is 19.8 Å². The van der Waals surface area contributed by atoms with Crippen LogP contribution < -0.4 is 10.1 Å². The van der Waals surface area contributed by atoms with Crippen LogP contribution in [-0.4, -0.2) is 34.4 Å². The number of carbonyl (C=O) groups is 1. The number of fused-ring (bicyclic) bond motifs is 4. The van der Waals surface area contributed by atoms with Crippen molar-refractivity contribution in [2.24, 2.45) is 0 Å². The summed E-state index contributed by atoms with van der Waals surface area (Å²) in [7, 11) is 0. The number of hydrogen-bond acceptors (Lipinski definition) is 5. The SMILES string of the molecule is O=C1Nc2ccccc2[C@]12[C@H]([N+](=O)[O-])[C@H](c1ccccc1OCc1cccc(F)c1)[C@H]1CCCN12. The zero-order chi connectivity index (χ0) is 24.2. The van der Waals surface area contributed by atoms with E-state index in [4.69, 9.17) is 4.74 Å². The highest BCUT2D eigenvalue weighted by Crippen LogP contribution is 2.58. The van der Waals surface area contributed by atoms with E-state index >= 15 is 0 Å². The lowest BCUT2D eigenvalue weighted by molar-refractivity contribution is -0.534. The first-order valence-corrected chi connectivity index (χ1v) is 11.8. The molecule has 35 heavy (non-hydrogen) atoms. The van der Waals surface area contributed by atoms with E-state index in [0.717, 1.165) is 12.8 Å². The van der Waals surface area contributed by atoms with Crippen LogP contribution >= 0.6 is 0 Å². The Hall–Kier alpha value is -3.78. The average molecular weight is 474 g/mol. The Labute approximate surface area is 201 Å². The van der Waals surface area contributed by atoms with Gasteiger partial charge < -0.3 is 10.1 Å². The molecule has 1 spiro atoms. The van der Waals surface area contributed by atoms with Gasteiger partial charge in [-0.25, -0.2) is 4.39 Å². The molecule has 3 aromatic carbocycles. The first-order chi connectivity index (χ1) is 17.0. The lowest BCUT2D eigenvalue weighted by Crippen LogP contribution is -2.55. The third-order valence-electron chi connectivity index (χ3n) is 7.66. The summed E-state index contributed by atoms with van der Waals surface area (Å²) in [6.07, 6.45) is 1.61. The summed E-state index contributed by atoms with van der Waals surface area (Å²) in [4.78, 5) is 28.1. The molecular weight excluding hydrogens is 449 g/mol. The predicted octanol–water partition coefficient (Wildman–Crippen LogP) is 4.46. The van der Waals surface area contributed by atoms with Crippen LogP contribution in [0.4, 0.5) is 10.1 Å². The van der Waals surface area contributed by atoms with E-state index in [9.17, 15) is 19.3 Å². The van der Waals surface area contributed by atoms with Gasteiger partial charge in [0.15, 0.2) is 5.54 Å². The van der Waals surface area contributed by atoms with Crippen molar-refractivity contribution in [3.05, 3.63) is 105 Å². The molecule has 0 aromatic heterocycles. The van der Waals surface area contributed by atoms with Crippen molar-refractivity contribution in [1.82, 2.24) is 4.90 Å². The Bertz CT molecular complexity index is 1330. The average Bonchev–Trinajstić information content (AvgIpc) is 3.51. The van der Waals surface area contributed by atoms with Gasteiger partial charge in [0.05, 0.1) is 5.92 Å². The molecule has 0 bridgehead atoms. The number of carbonyl (C=O) groups excluding carboxylic acids is 1. The quantitative estimate of drug-likeness (QED) is 0.437. The first kappa shape index (κ1) is 21.7. The van der Waals surface area contributed by atoms with Crippen LogP contribution in [0.1, 0.15) is 35.4 Å². The van der Waals surface area contributed by atoms with E-state index in [1.807, 2.05) is 36.4 Å². The number of amides is 1. The molecule has 0 saturated carbocycles. The highest BCUT2D eigenvalue weighted by atomic mass is 19.1. The van der Waals surface area contributed by atoms with Crippen molar-refractivity contribution in [3.8, 4) is 5.75 Å². The lowest BCUT2D eigenvalue weighted by Gasteiger charge is -2.32.